The van der Waals surface area contributed by atoms with Gasteiger partial charge >= 0.3 is 5.97 Å². The summed E-state index contributed by atoms with van der Waals surface area (Å²) in [5.41, 5.74) is 2.44. The molecule has 33 heavy (non-hydrogen) atoms. The number of aliphatic hydroxyl groups excluding tert-OH is 3. The molecule has 0 saturated heterocycles. The molecule has 0 aromatic heterocycles. The summed E-state index contributed by atoms with van der Waals surface area (Å²) in [4.78, 5) is 12.2. The van der Waals surface area contributed by atoms with Gasteiger partial charge in [0, 0.05) is 17.6 Å². The minimum Gasteiger partial charge on any atom is -0.459 e. The highest BCUT2D eigenvalue weighted by atomic mass is 32.2. The Morgan fingerprint density at radius 1 is 1.27 bits per heavy atom. The van der Waals surface area contributed by atoms with E-state index in [-0.39, 0.29) is 22.6 Å². The number of fused-ring (bicyclic) bond motifs is 1. The maximum Gasteiger partial charge on any atom is 0.316 e. The predicted octanol–water partition coefficient (Wildman–Crippen LogP) is 4.56. The highest BCUT2D eigenvalue weighted by molar-refractivity contribution is 8.00. The van der Waals surface area contributed by atoms with Crippen molar-refractivity contribution in [3.8, 4) is 0 Å². The lowest BCUT2D eigenvalue weighted by Gasteiger charge is -2.44. The molecule has 7 atom stereocenters. The monoisotopic (exact) mass is 478 g/mol. The van der Waals surface area contributed by atoms with Gasteiger partial charge in [0.1, 0.15) is 5.60 Å². The van der Waals surface area contributed by atoms with Crippen molar-refractivity contribution in [2.75, 3.05) is 5.75 Å². The van der Waals surface area contributed by atoms with Gasteiger partial charge in [0.15, 0.2) is 0 Å². The first-order valence-electron chi connectivity index (χ1n) is 12.3. The third-order valence-corrected chi connectivity index (χ3v) is 8.95. The zero-order valence-electron chi connectivity index (χ0n) is 20.8. The quantitative estimate of drug-likeness (QED) is 0.502. The molecular weight excluding hydrogens is 436 g/mol. The second-order valence-electron chi connectivity index (χ2n) is 11.4. The minimum absolute atomic E-state index is 0.0229. The lowest BCUT2D eigenvalue weighted by Crippen LogP contribution is -2.40. The number of allylic oxidation sites excluding steroid dienone is 3. The fourth-order valence-electron chi connectivity index (χ4n) is 6.28. The predicted molar refractivity (Wildman–Crippen MR) is 134 cm³/mol. The first-order chi connectivity index (χ1) is 15.3. The Hall–Kier alpha value is -1.08. The molecule has 3 aliphatic carbocycles. The van der Waals surface area contributed by atoms with Crippen LogP contribution in [0.1, 0.15) is 73.1 Å². The summed E-state index contributed by atoms with van der Waals surface area (Å²) in [6, 6.07) is 0. The van der Waals surface area contributed by atoms with Gasteiger partial charge in [-0.05, 0) is 75.4 Å². The molecule has 0 aliphatic heterocycles. The van der Waals surface area contributed by atoms with E-state index in [2.05, 4.69) is 26.5 Å². The molecule has 0 radical (unpaired) electrons. The molecule has 3 aliphatic rings. The number of carbonyl (C=O) groups is 1. The van der Waals surface area contributed by atoms with E-state index in [1.165, 1.54) is 5.57 Å². The van der Waals surface area contributed by atoms with E-state index in [1.54, 1.807) is 11.8 Å². The second kappa shape index (κ2) is 10.3. The van der Waals surface area contributed by atoms with Gasteiger partial charge in [-0.15, -0.1) is 11.8 Å². The SMILES string of the molecule is C=C1C(=CC=C2CCC[C@]3(C)[C@@H]([C@H](C)SCC(=O)OC(C)(C)C)[C@@H](O)C[C@@H]23)C[C@@H](O)C[C@@H]1O. The van der Waals surface area contributed by atoms with Crippen LogP contribution in [0.3, 0.4) is 0 Å². The molecule has 3 saturated carbocycles. The van der Waals surface area contributed by atoms with Crippen molar-refractivity contribution in [2.45, 2.75) is 102 Å². The third kappa shape index (κ3) is 6.14. The van der Waals surface area contributed by atoms with Crippen molar-refractivity contribution in [3.05, 3.63) is 35.5 Å². The van der Waals surface area contributed by atoms with E-state index >= 15 is 0 Å². The van der Waals surface area contributed by atoms with E-state index in [0.29, 0.717) is 30.1 Å². The third-order valence-electron chi connectivity index (χ3n) is 7.73. The molecule has 0 unspecified atom stereocenters. The molecule has 0 aromatic carbocycles. The summed E-state index contributed by atoms with van der Waals surface area (Å²) in [7, 11) is 0. The van der Waals surface area contributed by atoms with Gasteiger partial charge in [-0.3, -0.25) is 4.79 Å². The Kier molecular flexibility index (Phi) is 8.25. The maximum atomic E-state index is 12.2. The van der Waals surface area contributed by atoms with Crippen LogP contribution in [0.2, 0.25) is 0 Å². The molecule has 3 fully saturated rings. The van der Waals surface area contributed by atoms with Gasteiger partial charge in [0.25, 0.3) is 0 Å². The van der Waals surface area contributed by atoms with Crippen LogP contribution in [0.4, 0.5) is 0 Å². The van der Waals surface area contributed by atoms with Crippen molar-refractivity contribution in [1.29, 1.82) is 0 Å². The zero-order chi connectivity index (χ0) is 24.6. The van der Waals surface area contributed by atoms with E-state index < -0.39 is 23.9 Å². The van der Waals surface area contributed by atoms with Crippen LogP contribution in [0.15, 0.2) is 35.5 Å². The number of rotatable bonds is 5. The number of hydrogen-bond donors (Lipinski definition) is 3. The first-order valence-corrected chi connectivity index (χ1v) is 13.3. The summed E-state index contributed by atoms with van der Waals surface area (Å²) in [5, 5.41) is 31.4. The molecule has 5 nitrogen and oxygen atoms in total. The fraction of sp³-hybridized carbons (Fsp3) is 0.741. The van der Waals surface area contributed by atoms with Crippen molar-refractivity contribution in [2.24, 2.45) is 17.3 Å². The van der Waals surface area contributed by atoms with Crippen LogP contribution < -0.4 is 0 Å². The highest BCUT2D eigenvalue weighted by Crippen LogP contribution is 2.59. The zero-order valence-corrected chi connectivity index (χ0v) is 21.7. The lowest BCUT2D eigenvalue weighted by molar-refractivity contribution is -0.151. The largest absolute Gasteiger partial charge is 0.459 e. The van der Waals surface area contributed by atoms with Crippen LogP contribution in [0.25, 0.3) is 0 Å². The average Bonchev–Trinajstić information content (AvgIpc) is 2.97. The Labute approximate surface area is 203 Å². The van der Waals surface area contributed by atoms with Crippen LogP contribution in [0.5, 0.6) is 0 Å². The summed E-state index contributed by atoms with van der Waals surface area (Å²) in [5.74, 6) is 0.490. The molecule has 0 amide bonds. The maximum absolute atomic E-state index is 12.2. The standard InChI is InChI=1S/C27H42O5S/c1-16-19(12-20(28)13-22(16)29)10-9-18-8-7-11-27(6)21(18)14-23(30)25(27)17(2)33-15-24(31)32-26(3,4)5/h9-10,17,20-23,25,28-30H,1,7-8,11-15H2,2-6H3/t17-,20+,21-,22-,23-,25-,27-/m0/s1. The van der Waals surface area contributed by atoms with E-state index in [1.807, 2.05) is 26.8 Å². The number of ether oxygens (including phenoxy) is 1. The highest BCUT2D eigenvalue weighted by Gasteiger charge is 2.55. The van der Waals surface area contributed by atoms with Crippen LogP contribution in [-0.4, -0.2) is 56.2 Å². The molecule has 0 spiro atoms. The second-order valence-corrected chi connectivity index (χ2v) is 12.8. The van der Waals surface area contributed by atoms with E-state index in [9.17, 15) is 20.1 Å². The van der Waals surface area contributed by atoms with Gasteiger partial charge in [0.2, 0.25) is 0 Å². The summed E-state index contributed by atoms with van der Waals surface area (Å²) in [6.07, 6.45) is 7.30. The van der Waals surface area contributed by atoms with Gasteiger partial charge < -0.3 is 20.1 Å². The number of carbonyl (C=O) groups excluding carboxylic acids is 1. The molecule has 0 heterocycles. The molecule has 186 valence electrons. The van der Waals surface area contributed by atoms with Gasteiger partial charge in [0.05, 0.1) is 24.1 Å². The minimum atomic E-state index is -0.685. The Balaban J connectivity index is 1.73. The Bertz CT molecular complexity index is 810. The Morgan fingerprint density at radius 3 is 2.64 bits per heavy atom. The van der Waals surface area contributed by atoms with Crippen molar-refractivity contribution in [1.82, 2.24) is 0 Å². The topological polar surface area (TPSA) is 87.0 Å². The lowest BCUT2D eigenvalue weighted by atomic mass is 9.63. The summed E-state index contributed by atoms with van der Waals surface area (Å²) < 4.78 is 5.46. The fourth-order valence-corrected chi connectivity index (χ4v) is 7.44. The van der Waals surface area contributed by atoms with Crippen molar-refractivity contribution < 1.29 is 24.9 Å². The summed E-state index contributed by atoms with van der Waals surface area (Å²) in [6.45, 7) is 14.1. The van der Waals surface area contributed by atoms with Gasteiger partial charge in [-0.1, -0.05) is 38.2 Å². The molecule has 0 aromatic rings. The summed E-state index contributed by atoms with van der Waals surface area (Å²) >= 11 is 1.59. The average molecular weight is 479 g/mol. The molecule has 3 rings (SSSR count). The van der Waals surface area contributed by atoms with Crippen LogP contribution in [-0.2, 0) is 9.53 Å². The number of esters is 1. The van der Waals surface area contributed by atoms with Gasteiger partial charge in [-0.2, -0.15) is 0 Å². The number of hydrogen-bond acceptors (Lipinski definition) is 6. The van der Waals surface area contributed by atoms with E-state index in [4.69, 9.17) is 4.74 Å². The number of thioether (sulfide) groups is 1. The van der Waals surface area contributed by atoms with Crippen molar-refractivity contribution in [3.63, 3.8) is 0 Å². The van der Waals surface area contributed by atoms with Crippen LogP contribution >= 0.6 is 11.8 Å². The van der Waals surface area contributed by atoms with Crippen molar-refractivity contribution >= 4 is 17.7 Å². The molecule has 6 heteroatoms. The molecule has 3 N–H and O–H groups in total. The molecular formula is C27H42O5S. The first kappa shape index (κ1) is 26.5. The normalized spacial score (nSPS) is 38.4. The van der Waals surface area contributed by atoms with Crippen LogP contribution in [0, 0.1) is 17.3 Å². The van der Waals surface area contributed by atoms with E-state index in [0.717, 1.165) is 31.3 Å². The molecule has 0 bridgehead atoms. The Morgan fingerprint density at radius 2 is 1.97 bits per heavy atom. The van der Waals surface area contributed by atoms with Gasteiger partial charge in [-0.25, -0.2) is 0 Å². The number of aliphatic hydroxyl groups is 3. The smallest absolute Gasteiger partial charge is 0.316 e.